The maximum atomic E-state index is 9.86. The van der Waals surface area contributed by atoms with Crippen molar-refractivity contribution in [3.05, 3.63) is 0 Å². The number of aliphatic hydroxyl groups excluding tert-OH is 1. The van der Waals surface area contributed by atoms with Gasteiger partial charge in [0.1, 0.15) is 0 Å². The van der Waals surface area contributed by atoms with Crippen LogP contribution >= 0.6 is 21.6 Å². The lowest BCUT2D eigenvalue weighted by atomic mass is 10.2. The molecule has 2 nitrogen and oxygen atoms in total. The van der Waals surface area contributed by atoms with Crippen molar-refractivity contribution in [2.24, 2.45) is 0 Å². The van der Waals surface area contributed by atoms with E-state index in [0.717, 1.165) is 11.5 Å². The summed E-state index contributed by atoms with van der Waals surface area (Å²) >= 11 is 0. The Kier molecular flexibility index (Phi) is 4.63. The van der Waals surface area contributed by atoms with Crippen LogP contribution in [0.4, 0.5) is 0 Å². The molecule has 0 aliphatic carbocycles. The van der Waals surface area contributed by atoms with Gasteiger partial charge in [-0.1, -0.05) is 42.4 Å². The Hall–Kier alpha value is 0.837. The highest BCUT2D eigenvalue weighted by Gasteiger charge is 2.41. The van der Waals surface area contributed by atoms with Gasteiger partial charge in [0, 0.05) is 11.5 Å². The lowest BCUT2D eigenvalue weighted by Gasteiger charge is -2.41. The molecule has 1 fully saturated rings. The molecule has 1 aliphatic rings. The Labute approximate surface area is 102 Å². The standard InChI is InChI=1S/C10H22O2S2Si/c1-10(2,3)15(4,5)12-9-7-14-13-6-8(9)11/h8-9,11H,6-7H2,1-5H3/t8-,9?/m1/s1. The SMILES string of the molecule is CC(C)(C)[Si](C)(C)OC1CSSC[C@H]1O. The smallest absolute Gasteiger partial charge is 0.192 e. The summed E-state index contributed by atoms with van der Waals surface area (Å²) in [7, 11) is 1.84. The van der Waals surface area contributed by atoms with Crippen LogP contribution in [0.3, 0.4) is 0 Å². The van der Waals surface area contributed by atoms with Crippen LogP contribution in [-0.2, 0) is 4.43 Å². The first-order valence-corrected chi connectivity index (χ1v) is 10.7. The summed E-state index contributed by atoms with van der Waals surface area (Å²) in [5, 5.41) is 10.1. The summed E-state index contributed by atoms with van der Waals surface area (Å²) in [5.74, 6) is 1.71. The van der Waals surface area contributed by atoms with Crippen LogP contribution < -0.4 is 0 Å². The molecule has 1 unspecified atom stereocenters. The Balaban J connectivity index is 2.59. The third kappa shape index (κ3) is 3.66. The predicted octanol–water partition coefficient (Wildman–Crippen LogP) is 3.13. The lowest BCUT2D eigenvalue weighted by Crippen LogP contribution is -2.49. The molecule has 90 valence electrons. The Morgan fingerprint density at radius 2 is 1.73 bits per heavy atom. The van der Waals surface area contributed by atoms with Crippen LogP contribution in [0, 0.1) is 0 Å². The van der Waals surface area contributed by atoms with Crippen LogP contribution in [0.5, 0.6) is 0 Å². The molecule has 0 bridgehead atoms. The van der Waals surface area contributed by atoms with Gasteiger partial charge in [-0.15, -0.1) is 0 Å². The van der Waals surface area contributed by atoms with Gasteiger partial charge in [0.25, 0.3) is 0 Å². The summed E-state index contributed by atoms with van der Waals surface area (Å²) in [6, 6.07) is 0. The summed E-state index contributed by atoms with van der Waals surface area (Å²) in [4.78, 5) is 0. The first-order valence-electron chi connectivity index (χ1n) is 5.34. The zero-order valence-corrected chi connectivity index (χ0v) is 12.9. The normalized spacial score (nSPS) is 29.2. The minimum atomic E-state index is -1.72. The van der Waals surface area contributed by atoms with Gasteiger partial charge in [-0.25, -0.2) is 0 Å². The minimum absolute atomic E-state index is 0.0390. The molecule has 15 heavy (non-hydrogen) atoms. The maximum Gasteiger partial charge on any atom is 0.192 e. The third-order valence-corrected chi connectivity index (χ3v) is 10.2. The molecular weight excluding hydrogens is 244 g/mol. The van der Waals surface area contributed by atoms with Crippen LogP contribution in [0.2, 0.25) is 18.1 Å². The monoisotopic (exact) mass is 266 g/mol. The summed E-state index contributed by atoms with van der Waals surface area (Å²) in [6.45, 7) is 11.2. The molecule has 0 saturated carbocycles. The van der Waals surface area contributed by atoms with E-state index in [0.29, 0.717) is 0 Å². The number of hydrogen-bond acceptors (Lipinski definition) is 4. The number of aliphatic hydroxyl groups is 1. The van der Waals surface area contributed by atoms with Crippen LogP contribution in [0.15, 0.2) is 0 Å². The van der Waals surface area contributed by atoms with Gasteiger partial charge < -0.3 is 9.53 Å². The molecule has 0 radical (unpaired) electrons. The minimum Gasteiger partial charge on any atom is -0.410 e. The van der Waals surface area contributed by atoms with Crippen LogP contribution in [0.1, 0.15) is 20.8 Å². The highest BCUT2D eigenvalue weighted by Crippen LogP contribution is 2.40. The van der Waals surface area contributed by atoms with Gasteiger partial charge in [0.2, 0.25) is 0 Å². The summed E-state index contributed by atoms with van der Waals surface area (Å²) in [6.07, 6.45) is -0.248. The van der Waals surface area contributed by atoms with E-state index in [1.807, 2.05) is 10.8 Å². The van der Waals surface area contributed by atoms with Crippen molar-refractivity contribution in [1.29, 1.82) is 0 Å². The highest BCUT2D eigenvalue weighted by molar-refractivity contribution is 8.76. The molecule has 1 saturated heterocycles. The zero-order chi connectivity index (χ0) is 11.7. The second kappa shape index (κ2) is 5.00. The van der Waals surface area contributed by atoms with Gasteiger partial charge in [-0.2, -0.15) is 0 Å². The maximum absolute atomic E-state index is 9.86. The van der Waals surface area contributed by atoms with Gasteiger partial charge in [-0.3, -0.25) is 0 Å². The van der Waals surface area contributed by atoms with Crippen molar-refractivity contribution in [2.45, 2.75) is 51.1 Å². The number of rotatable bonds is 2. The molecule has 2 atom stereocenters. The van der Waals surface area contributed by atoms with Gasteiger partial charge in [0.05, 0.1) is 12.2 Å². The average Bonchev–Trinajstić information content (AvgIpc) is 2.06. The largest absolute Gasteiger partial charge is 0.410 e. The van der Waals surface area contributed by atoms with E-state index < -0.39 is 8.32 Å². The fraction of sp³-hybridized carbons (Fsp3) is 1.00. The van der Waals surface area contributed by atoms with E-state index in [1.54, 1.807) is 10.8 Å². The third-order valence-electron chi connectivity index (χ3n) is 3.24. The Morgan fingerprint density at radius 1 is 1.20 bits per heavy atom. The van der Waals surface area contributed by atoms with Crippen molar-refractivity contribution in [3.63, 3.8) is 0 Å². The zero-order valence-electron chi connectivity index (χ0n) is 10.2. The molecule has 0 aromatic rings. The fourth-order valence-electron chi connectivity index (χ4n) is 1.12. The molecule has 1 aliphatic heterocycles. The number of hydrogen-bond donors (Lipinski definition) is 1. The lowest BCUT2D eigenvalue weighted by molar-refractivity contribution is 0.0566. The fourth-order valence-corrected chi connectivity index (χ4v) is 4.96. The van der Waals surface area contributed by atoms with E-state index in [1.165, 1.54) is 0 Å². The molecule has 0 aromatic carbocycles. The molecule has 0 amide bonds. The molecule has 0 spiro atoms. The second-order valence-corrected chi connectivity index (χ2v) is 12.9. The molecule has 1 N–H and O–H groups in total. The van der Waals surface area contributed by atoms with Gasteiger partial charge >= 0.3 is 0 Å². The average molecular weight is 267 g/mol. The van der Waals surface area contributed by atoms with E-state index in [4.69, 9.17) is 4.43 Å². The quantitative estimate of drug-likeness (QED) is 0.614. The van der Waals surface area contributed by atoms with E-state index in [9.17, 15) is 5.11 Å². The Bertz CT molecular complexity index is 216. The first-order chi connectivity index (χ1) is 6.74. The van der Waals surface area contributed by atoms with Gasteiger partial charge in [0.15, 0.2) is 8.32 Å². The molecule has 0 aromatic heterocycles. The topological polar surface area (TPSA) is 29.5 Å². The van der Waals surface area contributed by atoms with E-state index in [2.05, 4.69) is 33.9 Å². The van der Waals surface area contributed by atoms with E-state index in [-0.39, 0.29) is 17.2 Å². The Morgan fingerprint density at radius 3 is 2.20 bits per heavy atom. The van der Waals surface area contributed by atoms with Crippen molar-refractivity contribution in [3.8, 4) is 0 Å². The van der Waals surface area contributed by atoms with Crippen molar-refractivity contribution >= 4 is 29.9 Å². The summed E-state index contributed by atoms with van der Waals surface area (Å²) < 4.78 is 6.21. The van der Waals surface area contributed by atoms with Crippen molar-refractivity contribution in [1.82, 2.24) is 0 Å². The predicted molar refractivity (Wildman–Crippen MR) is 73.0 cm³/mol. The molecule has 1 rings (SSSR count). The highest BCUT2D eigenvalue weighted by atomic mass is 33.1. The van der Waals surface area contributed by atoms with E-state index >= 15 is 0 Å². The molecular formula is C10H22O2S2Si. The van der Waals surface area contributed by atoms with Crippen molar-refractivity contribution in [2.75, 3.05) is 11.5 Å². The second-order valence-electron chi connectivity index (χ2n) is 5.55. The summed E-state index contributed by atoms with van der Waals surface area (Å²) in [5.41, 5.74) is 0. The molecule has 5 heteroatoms. The van der Waals surface area contributed by atoms with Crippen molar-refractivity contribution < 1.29 is 9.53 Å². The van der Waals surface area contributed by atoms with Crippen LogP contribution in [0.25, 0.3) is 0 Å². The first kappa shape index (κ1) is 13.9. The molecule has 1 heterocycles. The van der Waals surface area contributed by atoms with Gasteiger partial charge in [-0.05, 0) is 18.1 Å². The van der Waals surface area contributed by atoms with Crippen LogP contribution in [-0.4, -0.2) is 37.1 Å².